The van der Waals surface area contributed by atoms with Crippen LogP contribution in [-0.4, -0.2) is 77.6 Å². The number of carbonyl (C=O) groups excluding carboxylic acids is 3. The first-order valence-electron chi connectivity index (χ1n) is 11.1. The number of nitrogens with one attached hydrogen (secondary N) is 3. The number of ether oxygens (including phenoxy) is 2. The minimum Gasteiger partial charge on any atom is -0.475 e. The van der Waals surface area contributed by atoms with Crippen molar-refractivity contribution in [1.82, 2.24) is 20.8 Å². The van der Waals surface area contributed by atoms with Gasteiger partial charge < -0.3 is 30.9 Å². The summed E-state index contributed by atoms with van der Waals surface area (Å²) in [7, 11) is 1.19. The van der Waals surface area contributed by atoms with Gasteiger partial charge in [-0.05, 0) is 6.42 Å². The van der Waals surface area contributed by atoms with Crippen LogP contribution in [0.1, 0.15) is 30.3 Å². The molecule has 0 aliphatic carbocycles. The number of carboxylic acid groups (broad SMARTS) is 1. The maximum Gasteiger partial charge on any atom is 0.490 e. The van der Waals surface area contributed by atoms with Crippen molar-refractivity contribution in [3.05, 3.63) is 34.8 Å². The number of alkyl carbamates (subject to hydrolysis) is 1. The SMILES string of the molecule is CCCCOC(=O)N[C@@H](CNC(=O)Cc1nnc(-c2ccc(C(=N)N)cc2)s1)C(=O)OC.O=C(O)C(F)(F)F. The first kappa shape index (κ1) is 32.7. The third-order valence-electron chi connectivity index (χ3n) is 4.48. The number of hydrogen-bond acceptors (Lipinski definition) is 10. The number of methoxy groups -OCH3 is 1. The summed E-state index contributed by atoms with van der Waals surface area (Å²) in [6.45, 7) is 2.03. The number of amidine groups is 1. The van der Waals surface area contributed by atoms with Gasteiger partial charge in [0, 0.05) is 17.7 Å². The van der Waals surface area contributed by atoms with Gasteiger partial charge in [-0.3, -0.25) is 10.2 Å². The lowest BCUT2D eigenvalue weighted by molar-refractivity contribution is -0.192. The number of nitrogens with zero attached hydrogens (tertiary/aromatic N) is 2. The molecule has 13 nitrogen and oxygen atoms in total. The average Bonchev–Trinajstić information content (AvgIpc) is 3.34. The fourth-order valence-electron chi connectivity index (χ4n) is 2.48. The topological polar surface area (TPSA) is 207 Å². The Morgan fingerprint density at radius 2 is 1.79 bits per heavy atom. The molecule has 2 rings (SSSR count). The van der Waals surface area contributed by atoms with Gasteiger partial charge in [0.05, 0.1) is 20.1 Å². The quantitative estimate of drug-likeness (QED) is 0.114. The number of benzene rings is 1. The molecule has 214 valence electrons. The van der Waals surface area contributed by atoms with E-state index in [0.717, 1.165) is 12.0 Å². The molecule has 39 heavy (non-hydrogen) atoms. The van der Waals surface area contributed by atoms with Gasteiger partial charge in [-0.15, -0.1) is 10.2 Å². The Morgan fingerprint density at radius 1 is 1.18 bits per heavy atom. The molecule has 0 bridgehead atoms. The van der Waals surface area contributed by atoms with Crippen LogP contribution in [0.25, 0.3) is 10.6 Å². The fourth-order valence-corrected chi connectivity index (χ4v) is 3.32. The molecule has 0 saturated heterocycles. The van der Waals surface area contributed by atoms with E-state index in [1.807, 2.05) is 6.92 Å². The van der Waals surface area contributed by atoms with Crippen molar-refractivity contribution in [3.8, 4) is 10.6 Å². The third kappa shape index (κ3) is 12.2. The molecular weight excluding hydrogens is 549 g/mol. The molecule has 0 saturated carbocycles. The number of carbonyl (C=O) groups is 4. The van der Waals surface area contributed by atoms with Gasteiger partial charge >= 0.3 is 24.2 Å². The molecule has 0 fully saturated rings. The number of aromatic nitrogens is 2. The summed E-state index contributed by atoms with van der Waals surface area (Å²) in [6, 6.07) is 5.88. The minimum absolute atomic E-state index is 0.0276. The highest BCUT2D eigenvalue weighted by Crippen LogP contribution is 2.24. The van der Waals surface area contributed by atoms with E-state index < -0.39 is 36.2 Å². The summed E-state index contributed by atoms with van der Waals surface area (Å²) in [6.07, 6.45) is -4.32. The largest absolute Gasteiger partial charge is 0.490 e. The van der Waals surface area contributed by atoms with Crippen LogP contribution in [0.15, 0.2) is 24.3 Å². The fraction of sp³-hybridized carbons (Fsp3) is 0.409. The summed E-state index contributed by atoms with van der Waals surface area (Å²) in [4.78, 5) is 44.9. The summed E-state index contributed by atoms with van der Waals surface area (Å²) >= 11 is 1.25. The van der Waals surface area contributed by atoms with Crippen LogP contribution in [-0.2, 0) is 30.3 Å². The Labute approximate surface area is 224 Å². The lowest BCUT2D eigenvalue weighted by Gasteiger charge is -2.16. The van der Waals surface area contributed by atoms with Crippen molar-refractivity contribution >= 4 is 41.1 Å². The Kier molecular flexibility index (Phi) is 13.3. The maximum atomic E-state index is 12.3. The number of alkyl halides is 3. The van der Waals surface area contributed by atoms with E-state index in [1.54, 1.807) is 24.3 Å². The molecule has 0 spiro atoms. The predicted octanol–water partition coefficient (Wildman–Crippen LogP) is 1.85. The molecule has 0 aliphatic heterocycles. The van der Waals surface area contributed by atoms with E-state index in [1.165, 1.54) is 18.4 Å². The Morgan fingerprint density at radius 3 is 2.31 bits per heavy atom. The van der Waals surface area contributed by atoms with Gasteiger partial charge in [-0.2, -0.15) is 13.2 Å². The normalized spacial score (nSPS) is 11.3. The van der Waals surface area contributed by atoms with Gasteiger partial charge in [0.15, 0.2) is 0 Å². The lowest BCUT2D eigenvalue weighted by atomic mass is 10.1. The van der Waals surface area contributed by atoms with E-state index in [4.69, 9.17) is 25.8 Å². The number of esters is 1. The van der Waals surface area contributed by atoms with Gasteiger partial charge in [-0.25, -0.2) is 14.4 Å². The molecule has 1 atom stereocenters. The number of nitrogens with two attached hydrogens (primary N) is 1. The van der Waals surface area contributed by atoms with Gasteiger partial charge in [0.2, 0.25) is 5.91 Å². The summed E-state index contributed by atoms with van der Waals surface area (Å²) in [5.74, 6) is -3.88. The number of carboxylic acids is 1. The zero-order valence-corrected chi connectivity index (χ0v) is 21.6. The van der Waals surface area contributed by atoms with Crippen molar-refractivity contribution in [2.45, 2.75) is 38.4 Å². The summed E-state index contributed by atoms with van der Waals surface area (Å²) in [5.41, 5.74) is 6.83. The monoisotopic (exact) mass is 576 g/mol. The number of unbranched alkanes of at least 4 members (excludes halogenated alkanes) is 1. The highest BCUT2D eigenvalue weighted by Gasteiger charge is 2.38. The summed E-state index contributed by atoms with van der Waals surface area (Å²) < 4.78 is 41.4. The second-order valence-corrected chi connectivity index (χ2v) is 8.55. The van der Waals surface area contributed by atoms with Crippen LogP contribution in [0.3, 0.4) is 0 Å². The van der Waals surface area contributed by atoms with E-state index in [-0.39, 0.29) is 25.4 Å². The van der Waals surface area contributed by atoms with Crippen molar-refractivity contribution in [1.29, 1.82) is 5.41 Å². The predicted molar refractivity (Wildman–Crippen MR) is 132 cm³/mol. The summed E-state index contributed by atoms with van der Waals surface area (Å²) in [5, 5.41) is 28.7. The van der Waals surface area contributed by atoms with Crippen LogP contribution in [0.2, 0.25) is 0 Å². The molecule has 1 aromatic carbocycles. The number of rotatable bonds is 11. The Hall–Kier alpha value is -4.28. The minimum atomic E-state index is -5.08. The number of halogens is 3. The molecular formula is C22H27F3N6O7S. The number of aliphatic carboxylic acids is 1. The standard InChI is InChI=1S/C20H26N6O5S.C2HF3O2/c1-3-4-9-31-20(29)24-14(19(28)30-2)11-23-15(27)10-16-25-26-18(32-16)13-7-5-12(6-8-13)17(21)22;3-2(4,5)1(6)7/h5-8,14H,3-4,9-11H2,1-2H3,(H3,21,22)(H,23,27)(H,24,29);(H,6,7)/t14-;/m0./s1. The van der Waals surface area contributed by atoms with E-state index in [9.17, 15) is 27.6 Å². The van der Waals surface area contributed by atoms with Crippen molar-refractivity contribution in [3.63, 3.8) is 0 Å². The van der Waals surface area contributed by atoms with Crippen LogP contribution < -0.4 is 16.4 Å². The van der Waals surface area contributed by atoms with Crippen LogP contribution in [0.5, 0.6) is 0 Å². The van der Waals surface area contributed by atoms with E-state index >= 15 is 0 Å². The highest BCUT2D eigenvalue weighted by molar-refractivity contribution is 7.14. The molecule has 6 N–H and O–H groups in total. The molecule has 17 heteroatoms. The number of hydrogen-bond donors (Lipinski definition) is 5. The van der Waals surface area contributed by atoms with Gasteiger partial charge in [0.25, 0.3) is 0 Å². The average molecular weight is 577 g/mol. The Balaban J connectivity index is 0.000000956. The van der Waals surface area contributed by atoms with Gasteiger partial charge in [0.1, 0.15) is 21.9 Å². The van der Waals surface area contributed by atoms with Crippen molar-refractivity contribution in [2.75, 3.05) is 20.3 Å². The second-order valence-electron chi connectivity index (χ2n) is 7.49. The highest BCUT2D eigenvalue weighted by atomic mass is 32.1. The van der Waals surface area contributed by atoms with Crippen molar-refractivity contribution in [2.24, 2.45) is 5.73 Å². The number of amides is 2. The smallest absolute Gasteiger partial charge is 0.475 e. The van der Waals surface area contributed by atoms with E-state index in [2.05, 4.69) is 25.6 Å². The maximum absolute atomic E-state index is 12.3. The first-order chi connectivity index (χ1) is 18.3. The molecule has 0 unspecified atom stereocenters. The molecule has 1 heterocycles. The molecule has 0 aliphatic rings. The second kappa shape index (κ2) is 15.9. The lowest BCUT2D eigenvalue weighted by Crippen LogP contribution is -2.49. The Bertz CT molecular complexity index is 1140. The molecule has 2 amide bonds. The van der Waals surface area contributed by atoms with Gasteiger partial charge in [-0.1, -0.05) is 48.9 Å². The van der Waals surface area contributed by atoms with E-state index in [0.29, 0.717) is 22.0 Å². The van der Waals surface area contributed by atoms with Crippen LogP contribution >= 0.6 is 11.3 Å². The zero-order chi connectivity index (χ0) is 29.6. The third-order valence-corrected chi connectivity index (χ3v) is 5.45. The number of nitrogen functional groups attached to an aromatic ring is 1. The zero-order valence-electron chi connectivity index (χ0n) is 20.8. The first-order valence-corrected chi connectivity index (χ1v) is 11.9. The van der Waals surface area contributed by atoms with Crippen LogP contribution in [0.4, 0.5) is 18.0 Å². The molecule has 0 radical (unpaired) electrons. The molecule has 2 aromatic rings. The van der Waals surface area contributed by atoms with Crippen LogP contribution in [0, 0.1) is 5.41 Å². The molecule has 1 aromatic heterocycles. The van der Waals surface area contributed by atoms with Crippen molar-refractivity contribution < 1.29 is 46.9 Å².